The molecule has 0 atom stereocenters. The summed E-state index contributed by atoms with van der Waals surface area (Å²) in [6, 6.07) is 4.23. The van der Waals surface area contributed by atoms with Crippen molar-refractivity contribution in [1.29, 1.82) is 0 Å². The minimum atomic E-state index is 0.640. The highest BCUT2D eigenvalue weighted by molar-refractivity contribution is 7.09. The van der Waals surface area contributed by atoms with E-state index in [0.717, 1.165) is 25.8 Å². The number of hydrogen-bond acceptors (Lipinski definition) is 3. The standard InChI is InChI=1S/C10H15NOS/c1-11(6-3-8-12)7-5-10-4-2-9-13-10/h2,4,8-9H,3,5-7H2,1H3. The summed E-state index contributed by atoms with van der Waals surface area (Å²) in [4.78, 5) is 13.7. The predicted molar refractivity (Wildman–Crippen MR) is 56.2 cm³/mol. The first-order chi connectivity index (χ1) is 6.33. The molecule has 1 aromatic rings. The van der Waals surface area contributed by atoms with E-state index in [2.05, 4.69) is 29.5 Å². The summed E-state index contributed by atoms with van der Waals surface area (Å²) >= 11 is 1.79. The molecule has 0 radical (unpaired) electrons. The number of carbonyl (C=O) groups excluding carboxylic acids is 1. The van der Waals surface area contributed by atoms with E-state index in [1.54, 1.807) is 11.3 Å². The topological polar surface area (TPSA) is 20.3 Å². The van der Waals surface area contributed by atoms with Crippen LogP contribution in [0, 0.1) is 0 Å². The minimum absolute atomic E-state index is 0.640. The fraction of sp³-hybridized carbons (Fsp3) is 0.500. The van der Waals surface area contributed by atoms with Crippen LogP contribution >= 0.6 is 11.3 Å². The second-order valence-electron chi connectivity index (χ2n) is 3.09. The molecule has 2 nitrogen and oxygen atoms in total. The van der Waals surface area contributed by atoms with Crippen LogP contribution in [0.4, 0.5) is 0 Å². The smallest absolute Gasteiger partial charge is 0.121 e. The van der Waals surface area contributed by atoms with E-state index in [0.29, 0.717) is 6.42 Å². The van der Waals surface area contributed by atoms with Crippen LogP contribution in [0.25, 0.3) is 0 Å². The van der Waals surface area contributed by atoms with Crippen molar-refractivity contribution in [2.24, 2.45) is 0 Å². The summed E-state index contributed by atoms with van der Waals surface area (Å²) in [5.74, 6) is 0. The van der Waals surface area contributed by atoms with Gasteiger partial charge in [0, 0.05) is 24.4 Å². The third kappa shape index (κ3) is 4.20. The van der Waals surface area contributed by atoms with Gasteiger partial charge in [0.25, 0.3) is 0 Å². The Bertz CT molecular complexity index is 233. The molecule has 0 aliphatic heterocycles. The molecule has 0 N–H and O–H groups in total. The van der Waals surface area contributed by atoms with Gasteiger partial charge in [0.15, 0.2) is 0 Å². The Balaban J connectivity index is 2.15. The average molecular weight is 197 g/mol. The summed E-state index contributed by atoms with van der Waals surface area (Å²) in [6.45, 7) is 1.91. The molecule has 0 fully saturated rings. The van der Waals surface area contributed by atoms with Crippen molar-refractivity contribution >= 4 is 17.6 Å². The first-order valence-electron chi connectivity index (χ1n) is 4.47. The van der Waals surface area contributed by atoms with Gasteiger partial charge in [0.2, 0.25) is 0 Å². The van der Waals surface area contributed by atoms with Gasteiger partial charge in [-0.15, -0.1) is 11.3 Å². The minimum Gasteiger partial charge on any atom is -0.306 e. The summed E-state index contributed by atoms with van der Waals surface area (Å²) in [5, 5.41) is 2.10. The number of hydrogen-bond donors (Lipinski definition) is 0. The fourth-order valence-corrected chi connectivity index (χ4v) is 1.84. The van der Waals surface area contributed by atoms with Crippen LogP contribution in [0.15, 0.2) is 17.5 Å². The molecule has 0 aliphatic carbocycles. The number of nitrogens with zero attached hydrogens (tertiary/aromatic N) is 1. The number of thiophene rings is 1. The maximum Gasteiger partial charge on any atom is 0.121 e. The lowest BCUT2D eigenvalue weighted by Gasteiger charge is -2.13. The molecule has 0 unspecified atom stereocenters. The van der Waals surface area contributed by atoms with Gasteiger partial charge in [-0.05, 0) is 24.9 Å². The number of aldehydes is 1. The van der Waals surface area contributed by atoms with Crippen molar-refractivity contribution in [1.82, 2.24) is 4.90 Å². The molecule has 13 heavy (non-hydrogen) atoms. The molecule has 72 valence electrons. The van der Waals surface area contributed by atoms with Crippen molar-refractivity contribution < 1.29 is 4.79 Å². The second kappa shape index (κ2) is 5.89. The van der Waals surface area contributed by atoms with E-state index in [-0.39, 0.29) is 0 Å². The highest BCUT2D eigenvalue weighted by Crippen LogP contribution is 2.09. The van der Waals surface area contributed by atoms with Crippen molar-refractivity contribution in [3.05, 3.63) is 22.4 Å². The lowest BCUT2D eigenvalue weighted by molar-refractivity contribution is -0.108. The average Bonchev–Trinajstić information content (AvgIpc) is 2.64. The van der Waals surface area contributed by atoms with Gasteiger partial charge >= 0.3 is 0 Å². The van der Waals surface area contributed by atoms with Crippen LogP contribution in [0.3, 0.4) is 0 Å². The van der Waals surface area contributed by atoms with E-state index >= 15 is 0 Å². The number of likely N-dealkylation sites (N-methyl/N-ethyl adjacent to an activating group) is 1. The van der Waals surface area contributed by atoms with Crippen molar-refractivity contribution in [3.8, 4) is 0 Å². The largest absolute Gasteiger partial charge is 0.306 e. The Kier molecular flexibility index (Phi) is 4.72. The summed E-state index contributed by atoms with van der Waals surface area (Å²) in [5.41, 5.74) is 0. The highest BCUT2D eigenvalue weighted by atomic mass is 32.1. The van der Waals surface area contributed by atoms with E-state index in [1.807, 2.05) is 0 Å². The first-order valence-corrected chi connectivity index (χ1v) is 5.35. The van der Waals surface area contributed by atoms with Crippen LogP contribution in [-0.4, -0.2) is 31.3 Å². The molecule has 0 saturated heterocycles. The maximum atomic E-state index is 10.1. The van der Waals surface area contributed by atoms with Crippen molar-refractivity contribution in [3.63, 3.8) is 0 Å². The van der Waals surface area contributed by atoms with Crippen LogP contribution in [-0.2, 0) is 11.2 Å². The summed E-state index contributed by atoms with van der Waals surface area (Å²) in [6.07, 6.45) is 2.70. The molecule has 1 rings (SSSR count). The molecule has 0 spiro atoms. The van der Waals surface area contributed by atoms with Gasteiger partial charge in [-0.25, -0.2) is 0 Å². The second-order valence-corrected chi connectivity index (χ2v) is 4.12. The quantitative estimate of drug-likeness (QED) is 0.648. The first kappa shape index (κ1) is 10.4. The van der Waals surface area contributed by atoms with Gasteiger partial charge in [0.1, 0.15) is 6.29 Å². The molecular formula is C10H15NOS. The van der Waals surface area contributed by atoms with Gasteiger partial charge < -0.3 is 9.69 Å². The molecule has 0 aliphatic rings. The zero-order valence-electron chi connectivity index (χ0n) is 7.90. The molecule has 0 aromatic carbocycles. The van der Waals surface area contributed by atoms with Gasteiger partial charge in [0.05, 0.1) is 0 Å². The molecule has 1 heterocycles. The summed E-state index contributed by atoms with van der Waals surface area (Å²) < 4.78 is 0. The molecule has 3 heteroatoms. The van der Waals surface area contributed by atoms with E-state index in [4.69, 9.17) is 0 Å². The normalized spacial score (nSPS) is 10.6. The highest BCUT2D eigenvalue weighted by Gasteiger charge is 1.98. The molecule has 0 saturated carbocycles. The Labute approximate surface area is 83.2 Å². The lowest BCUT2D eigenvalue weighted by Crippen LogP contribution is -2.22. The molecule has 0 bridgehead atoms. The Morgan fingerprint density at radius 2 is 2.38 bits per heavy atom. The van der Waals surface area contributed by atoms with Crippen LogP contribution in [0.2, 0.25) is 0 Å². The third-order valence-electron chi connectivity index (χ3n) is 1.95. The van der Waals surface area contributed by atoms with Crippen LogP contribution in [0.5, 0.6) is 0 Å². The zero-order valence-corrected chi connectivity index (χ0v) is 8.72. The molecule has 1 aromatic heterocycles. The summed E-state index contributed by atoms with van der Waals surface area (Å²) in [7, 11) is 2.05. The van der Waals surface area contributed by atoms with E-state index < -0.39 is 0 Å². The third-order valence-corrected chi connectivity index (χ3v) is 2.88. The number of carbonyl (C=O) groups is 1. The van der Waals surface area contributed by atoms with Gasteiger partial charge in [-0.3, -0.25) is 0 Å². The number of rotatable bonds is 6. The Hall–Kier alpha value is -0.670. The van der Waals surface area contributed by atoms with Crippen molar-refractivity contribution in [2.75, 3.05) is 20.1 Å². The van der Waals surface area contributed by atoms with E-state index in [9.17, 15) is 4.79 Å². The Morgan fingerprint density at radius 1 is 1.54 bits per heavy atom. The van der Waals surface area contributed by atoms with Crippen LogP contribution in [0.1, 0.15) is 11.3 Å². The SMILES string of the molecule is CN(CCC=O)CCc1cccs1. The van der Waals surface area contributed by atoms with Crippen molar-refractivity contribution in [2.45, 2.75) is 12.8 Å². The lowest BCUT2D eigenvalue weighted by atomic mass is 10.3. The van der Waals surface area contributed by atoms with Gasteiger partial charge in [-0.2, -0.15) is 0 Å². The predicted octanol–water partition coefficient (Wildman–Crippen LogP) is 1.81. The monoisotopic (exact) mass is 197 g/mol. The molecule has 0 amide bonds. The zero-order chi connectivity index (χ0) is 9.52. The Morgan fingerprint density at radius 3 is 3.00 bits per heavy atom. The maximum absolute atomic E-state index is 10.1. The van der Waals surface area contributed by atoms with E-state index in [1.165, 1.54) is 4.88 Å². The fourth-order valence-electron chi connectivity index (χ4n) is 1.14. The van der Waals surface area contributed by atoms with Gasteiger partial charge in [-0.1, -0.05) is 6.07 Å². The van der Waals surface area contributed by atoms with Crippen LogP contribution < -0.4 is 0 Å². The molecular weight excluding hydrogens is 182 g/mol.